The summed E-state index contributed by atoms with van der Waals surface area (Å²) in [4.78, 5) is 25.4. The summed E-state index contributed by atoms with van der Waals surface area (Å²) in [5.74, 6) is 7.45. The van der Waals surface area contributed by atoms with Gasteiger partial charge in [0.25, 0.3) is 0 Å². The molecule has 1 aromatic carbocycles. The molecule has 0 aliphatic carbocycles. The molecule has 0 bridgehead atoms. The van der Waals surface area contributed by atoms with Crippen molar-refractivity contribution in [1.82, 2.24) is 35.1 Å². The number of aldehydes is 1. The quantitative estimate of drug-likeness (QED) is 0.262. The van der Waals surface area contributed by atoms with Crippen LogP contribution in [0.5, 0.6) is 0 Å². The lowest BCUT2D eigenvalue weighted by Gasteiger charge is -2.28. The summed E-state index contributed by atoms with van der Waals surface area (Å²) in [6.07, 6.45) is 6.03. The summed E-state index contributed by atoms with van der Waals surface area (Å²) in [5.41, 5.74) is 2.90. The molecule has 3 aromatic heterocycles. The van der Waals surface area contributed by atoms with Crippen molar-refractivity contribution in [2.75, 3.05) is 33.2 Å². The Morgan fingerprint density at radius 3 is 2.70 bits per heavy atom. The number of benzene rings is 1. The Morgan fingerprint density at radius 2 is 1.98 bits per heavy atom. The third kappa shape index (κ3) is 7.75. The number of carbonyl (C=O) groups excluding carboxylic acids is 1. The predicted molar refractivity (Wildman–Crippen MR) is 162 cm³/mol. The Kier molecular flexibility index (Phi) is 9.79. The molecule has 1 atom stereocenters. The van der Waals surface area contributed by atoms with E-state index in [-0.39, 0.29) is 23.6 Å². The van der Waals surface area contributed by atoms with E-state index in [1.54, 1.807) is 23.1 Å². The number of pyridine rings is 1. The SMILES string of the molecule is CNC1=CC(C#Cc2cnc3ccc(-c4cccnc4)nn23)CC=N1.O=Cc1ccc(CN2CCNCC2)c(C(F)(F)F)c1. The first kappa shape index (κ1) is 30.6. The fourth-order valence-electron chi connectivity index (χ4n) is 4.79. The van der Waals surface area contributed by atoms with E-state index >= 15 is 0 Å². The summed E-state index contributed by atoms with van der Waals surface area (Å²) < 4.78 is 40.7. The topological polar surface area (TPSA) is 99.8 Å². The van der Waals surface area contributed by atoms with Crippen molar-refractivity contribution in [3.63, 3.8) is 0 Å². The van der Waals surface area contributed by atoms with Crippen molar-refractivity contribution in [3.05, 3.63) is 95.3 Å². The highest BCUT2D eigenvalue weighted by molar-refractivity contribution is 5.75. The minimum atomic E-state index is -4.43. The zero-order chi connectivity index (χ0) is 30.9. The first-order valence-electron chi connectivity index (χ1n) is 14.1. The van der Waals surface area contributed by atoms with Gasteiger partial charge in [-0.3, -0.25) is 14.7 Å². The van der Waals surface area contributed by atoms with E-state index in [0.717, 1.165) is 67.1 Å². The van der Waals surface area contributed by atoms with Crippen LogP contribution >= 0.6 is 0 Å². The maximum absolute atomic E-state index is 13.0. The minimum Gasteiger partial charge on any atom is -0.373 e. The summed E-state index contributed by atoms with van der Waals surface area (Å²) in [7, 11) is 1.85. The Labute approximate surface area is 252 Å². The highest BCUT2D eigenvalue weighted by atomic mass is 19.4. The largest absolute Gasteiger partial charge is 0.416 e. The smallest absolute Gasteiger partial charge is 0.373 e. The zero-order valence-corrected chi connectivity index (χ0v) is 24.1. The van der Waals surface area contributed by atoms with Crippen molar-refractivity contribution in [2.24, 2.45) is 10.9 Å². The van der Waals surface area contributed by atoms with Crippen molar-refractivity contribution in [3.8, 4) is 23.1 Å². The maximum atomic E-state index is 13.0. The Bertz CT molecular complexity index is 1710. The predicted octanol–water partition coefficient (Wildman–Crippen LogP) is 4.22. The van der Waals surface area contributed by atoms with Crippen molar-refractivity contribution >= 4 is 18.1 Å². The summed E-state index contributed by atoms with van der Waals surface area (Å²) in [6, 6.07) is 11.5. The van der Waals surface area contributed by atoms with Gasteiger partial charge in [-0.25, -0.2) is 14.5 Å². The van der Waals surface area contributed by atoms with E-state index in [4.69, 9.17) is 0 Å². The van der Waals surface area contributed by atoms with Crippen LogP contribution in [0.3, 0.4) is 0 Å². The van der Waals surface area contributed by atoms with Crippen LogP contribution in [-0.2, 0) is 12.7 Å². The fourth-order valence-corrected chi connectivity index (χ4v) is 4.79. The maximum Gasteiger partial charge on any atom is 0.416 e. The van der Waals surface area contributed by atoms with Crippen LogP contribution in [0, 0.1) is 17.8 Å². The van der Waals surface area contributed by atoms with Gasteiger partial charge in [-0.1, -0.05) is 18.1 Å². The molecular formula is C32H31F3N8O. The number of aliphatic imine (C=N–C) groups is 1. The molecule has 0 spiro atoms. The molecule has 2 aliphatic rings. The van der Waals surface area contributed by atoms with Crippen LogP contribution < -0.4 is 10.6 Å². The van der Waals surface area contributed by atoms with E-state index in [0.29, 0.717) is 6.29 Å². The highest BCUT2D eigenvalue weighted by Crippen LogP contribution is 2.33. The second-order valence-electron chi connectivity index (χ2n) is 10.2. The minimum absolute atomic E-state index is 0.0522. The second-order valence-corrected chi connectivity index (χ2v) is 10.2. The monoisotopic (exact) mass is 600 g/mol. The van der Waals surface area contributed by atoms with Gasteiger partial charge in [-0.15, -0.1) is 0 Å². The average Bonchev–Trinajstić information content (AvgIpc) is 3.47. The van der Waals surface area contributed by atoms with Crippen LogP contribution in [0.25, 0.3) is 16.9 Å². The molecule has 0 amide bonds. The summed E-state index contributed by atoms with van der Waals surface area (Å²) >= 11 is 0. The van der Waals surface area contributed by atoms with E-state index in [2.05, 4.69) is 42.5 Å². The molecule has 2 N–H and O–H groups in total. The number of rotatable bonds is 5. The van der Waals surface area contributed by atoms with Crippen LogP contribution in [0.15, 0.2) is 77.9 Å². The normalized spacial score (nSPS) is 16.7. The van der Waals surface area contributed by atoms with Gasteiger partial charge in [0.2, 0.25) is 0 Å². The lowest BCUT2D eigenvalue weighted by Crippen LogP contribution is -2.43. The van der Waals surface area contributed by atoms with Crippen LogP contribution in [0.2, 0.25) is 0 Å². The molecule has 0 radical (unpaired) electrons. The van der Waals surface area contributed by atoms with Gasteiger partial charge in [-0.2, -0.15) is 18.3 Å². The van der Waals surface area contributed by atoms with Gasteiger partial charge in [0.1, 0.15) is 17.8 Å². The first-order valence-corrected chi connectivity index (χ1v) is 14.1. The molecule has 1 saturated heterocycles. The molecule has 44 heavy (non-hydrogen) atoms. The zero-order valence-electron chi connectivity index (χ0n) is 24.1. The van der Waals surface area contributed by atoms with Gasteiger partial charge in [-0.05, 0) is 47.9 Å². The second kappa shape index (κ2) is 14.1. The standard InChI is InChI=1S/C19H16N6.C13H15F3N2O/c1-20-18-11-14(8-10-22-18)4-5-16-13-23-19-7-6-17(24-25(16)19)15-3-2-9-21-12-15;14-13(15,16)12-7-10(9-19)1-2-11(12)8-18-5-3-17-4-6-18/h2-3,6-7,9-14,20H,8H2,1H3;1-2,7,9,17H,3-6,8H2. The third-order valence-corrected chi connectivity index (χ3v) is 7.09. The molecular weight excluding hydrogens is 569 g/mol. The van der Waals surface area contributed by atoms with E-state index in [1.807, 2.05) is 48.5 Å². The van der Waals surface area contributed by atoms with Gasteiger partial charge in [0, 0.05) is 81.8 Å². The van der Waals surface area contributed by atoms with Crippen LogP contribution in [0.1, 0.15) is 33.6 Å². The number of fused-ring (bicyclic) bond motifs is 1. The van der Waals surface area contributed by atoms with Crippen LogP contribution in [0.4, 0.5) is 13.2 Å². The van der Waals surface area contributed by atoms with Gasteiger partial charge >= 0.3 is 6.18 Å². The molecule has 0 saturated carbocycles. The summed E-state index contributed by atoms with van der Waals surface area (Å²) in [6.45, 7) is 3.29. The Hall–Kier alpha value is -4.86. The molecule has 226 valence electrons. The number of hydrogen-bond acceptors (Lipinski definition) is 8. The number of halogens is 3. The molecule has 1 unspecified atom stereocenters. The fraction of sp³-hybridized carbons (Fsp3) is 0.281. The van der Waals surface area contributed by atoms with Crippen molar-refractivity contribution in [2.45, 2.75) is 19.1 Å². The molecule has 4 aromatic rings. The molecule has 5 heterocycles. The number of alkyl halides is 3. The van der Waals surface area contributed by atoms with E-state index < -0.39 is 11.7 Å². The number of piperazine rings is 1. The number of allylic oxidation sites excluding steroid dienone is 1. The van der Waals surface area contributed by atoms with Gasteiger partial charge < -0.3 is 10.6 Å². The number of carbonyl (C=O) groups is 1. The van der Waals surface area contributed by atoms with Crippen LogP contribution in [-0.4, -0.2) is 70.2 Å². The molecule has 6 rings (SSSR count). The van der Waals surface area contributed by atoms with Gasteiger partial charge in [0.05, 0.1) is 17.5 Å². The highest BCUT2D eigenvalue weighted by Gasteiger charge is 2.34. The summed E-state index contributed by atoms with van der Waals surface area (Å²) in [5, 5.41) is 10.9. The lowest BCUT2D eigenvalue weighted by atomic mass is 10.0. The Morgan fingerprint density at radius 1 is 1.14 bits per heavy atom. The number of nitrogens with zero attached hydrogens (tertiary/aromatic N) is 6. The number of aromatic nitrogens is 4. The molecule has 12 heteroatoms. The number of hydrogen-bond donors (Lipinski definition) is 2. The van der Waals surface area contributed by atoms with Gasteiger partial charge in [0.15, 0.2) is 5.65 Å². The van der Waals surface area contributed by atoms with Crippen molar-refractivity contribution < 1.29 is 18.0 Å². The number of nitrogens with one attached hydrogen (secondary N) is 2. The first-order chi connectivity index (χ1) is 21.3. The molecule has 1 fully saturated rings. The molecule has 2 aliphatic heterocycles. The van der Waals surface area contributed by atoms with E-state index in [1.165, 1.54) is 12.1 Å². The average molecular weight is 601 g/mol. The lowest BCUT2D eigenvalue weighted by molar-refractivity contribution is -0.138. The molecule has 9 nitrogen and oxygen atoms in total. The van der Waals surface area contributed by atoms with E-state index in [9.17, 15) is 18.0 Å². The van der Waals surface area contributed by atoms with Crippen molar-refractivity contribution in [1.29, 1.82) is 0 Å². The third-order valence-electron chi connectivity index (χ3n) is 7.09. The Balaban J connectivity index is 0.000000182. The number of imidazole rings is 1.